The van der Waals surface area contributed by atoms with Gasteiger partial charge in [-0.2, -0.15) is 5.10 Å². The van der Waals surface area contributed by atoms with Gasteiger partial charge in [-0.15, -0.1) is 0 Å². The van der Waals surface area contributed by atoms with Crippen LogP contribution in [0.1, 0.15) is 11.1 Å². The lowest BCUT2D eigenvalue weighted by atomic mass is 10.1. The van der Waals surface area contributed by atoms with Crippen molar-refractivity contribution >= 4 is 5.91 Å². The van der Waals surface area contributed by atoms with E-state index in [9.17, 15) is 4.79 Å². The van der Waals surface area contributed by atoms with Crippen LogP contribution in [0.5, 0.6) is 0 Å². The summed E-state index contributed by atoms with van der Waals surface area (Å²) in [5.74, 6) is 0.00289. The van der Waals surface area contributed by atoms with Gasteiger partial charge in [-0.25, -0.2) is 0 Å². The van der Waals surface area contributed by atoms with Gasteiger partial charge < -0.3 is 10.6 Å². The van der Waals surface area contributed by atoms with Crippen molar-refractivity contribution in [2.75, 3.05) is 13.6 Å². The molecule has 1 aromatic heterocycles. The van der Waals surface area contributed by atoms with Gasteiger partial charge in [0.05, 0.1) is 13.1 Å². The minimum atomic E-state index is 0.00289. The third kappa shape index (κ3) is 4.22. The first-order valence-corrected chi connectivity index (χ1v) is 6.24. The quantitative estimate of drug-likeness (QED) is 0.804. The van der Waals surface area contributed by atoms with Gasteiger partial charge in [-0.05, 0) is 24.2 Å². The summed E-state index contributed by atoms with van der Waals surface area (Å²) < 4.78 is 1.88. The zero-order valence-electron chi connectivity index (χ0n) is 11.0. The summed E-state index contributed by atoms with van der Waals surface area (Å²) in [6.45, 7) is 1.67. The fourth-order valence-corrected chi connectivity index (χ4v) is 1.77. The van der Waals surface area contributed by atoms with Crippen molar-refractivity contribution in [3.05, 3.63) is 53.9 Å². The number of likely N-dealkylation sites (N-methyl/N-ethyl adjacent to an activating group) is 1. The highest BCUT2D eigenvalue weighted by Gasteiger charge is 2.00. The largest absolute Gasteiger partial charge is 0.351 e. The number of nitrogens with zero attached hydrogens (tertiary/aromatic N) is 2. The second-order valence-electron chi connectivity index (χ2n) is 4.33. The Hall–Kier alpha value is -2.14. The maximum atomic E-state index is 11.3. The van der Waals surface area contributed by atoms with Crippen LogP contribution in [-0.4, -0.2) is 29.3 Å². The van der Waals surface area contributed by atoms with Gasteiger partial charge in [0, 0.05) is 18.9 Å². The van der Waals surface area contributed by atoms with Gasteiger partial charge in [-0.1, -0.05) is 24.3 Å². The number of carbonyl (C=O) groups excluding carboxylic acids is 1. The van der Waals surface area contributed by atoms with Crippen molar-refractivity contribution in [2.45, 2.75) is 13.1 Å². The Morgan fingerprint density at radius 3 is 2.63 bits per heavy atom. The molecular formula is C14H18N4O. The zero-order chi connectivity index (χ0) is 13.5. The van der Waals surface area contributed by atoms with Gasteiger partial charge in [0.25, 0.3) is 0 Å². The maximum Gasteiger partial charge on any atom is 0.234 e. The molecule has 0 aliphatic carbocycles. The van der Waals surface area contributed by atoms with Gasteiger partial charge in [-0.3, -0.25) is 9.48 Å². The van der Waals surface area contributed by atoms with Gasteiger partial charge in [0.1, 0.15) is 0 Å². The first-order valence-electron chi connectivity index (χ1n) is 6.24. The lowest BCUT2D eigenvalue weighted by Crippen LogP contribution is -2.31. The molecule has 2 N–H and O–H groups in total. The molecule has 5 heteroatoms. The van der Waals surface area contributed by atoms with E-state index < -0.39 is 0 Å². The lowest BCUT2D eigenvalue weighted by molar-refractivity contribution is -0.120. The molecular weight excluding hydrogens is 240 g/mol. The monoisotopic (exact) mass is 258 g/mol. The van der Waals surface area contributed by atoms with Crippen LogP contribution in [0.4, 0.5) is 0 Å². The third-order valence-electron chi connectivity index (χ3n) is 2.75. The minimum Gasteiger partial charge on any atom is -0.351 e. The second kappa shape index (κ2) is 6.70. The molecule has 1 aromatic carbocycles. The molecule has 0 unspecified atom stereocenters. The minimum absolute atomic E-state index is 0.00289. The smallest absolute Gasteiger partial charge is 0.234 e. The molecule has 0 saturated carbocycles. The maximum absolute atomic E-state index is 11.3. The normalized spacial score (nSPS) is 10.4. The Kier molecular flexibility index (Phi) is 4.69. The third-order valence-corrected chi connectivity index (χ3v) is 2.75. The summed E-state index contributed by atoms with van der Waals surface area (Å²) in [4.78, 5) is 11.3. The van der Waals surface area contributed by atoms with Crippen molar-refractivity contribution in [2.24, 2.45) is 0 Å². The number of benzene rings is 1. The second-order valence-corrected chi connectivity index (χ2v) is 4.33. The molecule has 0 fully saturated rings. The van der Waals surface area contributed by atoms with E-state index in [-0.39, 0.29) is 5.91 Å². The van der Waals surface area contributed by atoms with Gasteiger partial charge >= 0.3 is 0 Å². The van der Waals surface area contributed by atoms with Crippen LogP contribution in [0.25, 0.3) is 0 Å². The molecule has 1 heterocycles. The highest BCUT2D eigenvalue weighted by atomic mass is 16.1. The molecule has 0 radical (unpaired) electrons. The van der Waals surface area contributed by atoms with E-state index in [0.717, 1.165) is 12.1 Å². The summed E-state index contributed by atoms with van der Waals surface area (Å²) in [7, 11) is 1.75. The summed E-state index contributed by atoms with van der Waals surface area (Å²) in [5, 5.41) is 9.83. The van der Waals surface area contributed by atoms with Crippen LogP contribution in [0.3, 0.4) is 0 Å². The summed E-state index contributed by atoms with van der Waals surface area (Å²) in [5.41, 5.74) is 2.28. The fourth-order valence-electron chi connectivity index (χ4n) is 1.77. The summed E-state index contributed by atoms with van der Waals surface area (Å²) in [6.07, 6.45) is 3.71. The molecule has 0 atom stereocenters. The standard InChI is InChI=1S/C14H18N4O/c1-15-10-14(19)16-9-12-3-5-13(6-4-12)11-18-8-2-7-17-18/h2-8,15H,9-11H2,1H3,(H,16,19). The van der Waals surface area contributed by atoms with Crippen LogP contribution in [0.15, 0.2) is 42.7 Å². The Morgan fingerprint density at radius 1 is 1.26 bits per heavy atom. The molecule has 0 spiro atoms. The average molecular weight is 258 g/mol. The van der Waals surface area contributed by atoms with Crippen molar-refractivity contribution in [3.63, 3.8) is 0 Å². The number of aromatic nitrogens is 2. The number of rotatable bonds is 6. The molecule has 1 amide bonds. The molecule has 5 nitrogen and oxygen atoms in total. The van der Waals surface area contributed by atoms with E-state index in [0.29, 0.717) is 13.1 Å². The van der Waals surface area contributed by atoms with E-state index in [1.165, 1.54) is 5.56 Å². The number of hydrogen-bond acceptors (Lipinski definition) is 3. The molecule has 0 saturated heterocycles. The number of hydrogen-bond donors (Lipinski definition) is 2. The first kappa shape index (κ1) is 13.3. The number of nitrogens with one attached hydrogen (secondary N) is 2. The van der Waals surface area contributed by atoms with Gasteiger partial charge in [0.15, 0.2) is 0 Å². The van der Waals surface area contributed by atoms with Crippen LogP contribution < -0.4 is 10.6 Å². The Labute approximate surface area is 112 Å². The highest BCUT2D eigenvalue weighted by Crippen LogP contribution is 2.05. The SMILES string of the molecule is CNCC(=O)NCc1ccc(Cn2cccn2)cc1. The van der Waals surface area contributed by atoms with Crippen molar-refractivity contribution in [3.8, 4) is 0 Å². The number of carbonyl (C=O) groups is 1. The summed E-state index contributed by atoms with van der Waals surface area (Å²) >= 11 is 0. The Morgan fingerprint density at radius 2 is 2.00 bits per heavy atom. The molecule has 19 heavy (non-hydrogen) atoms. The summed E-state index contributed by atoms with van der Waals surface area (Å²) in [6, 6.07) is 10.1. The molecule has 2 rings (SSSR count). The van der Waals surface area contributed by atoms with E-state index in [4.69, 9.17) is 0 Å². The molecule has 0 aliphatic rings. The van der Waals surface area contributed by atoms with E-state index >= 15 is 0 Å². The molecule has 0 bridgehead atoms. The van der Waals surface area contributed by atoms with Crippen molar-refractivity contribution in [1.82, 2.24) is 20.4 Å². The predicted octanol–water partition coefficient (Wildman–Crippen LogP) is 0.767. The van der Waals surface area contributed by atoms with E-state index in [1.54, 1.807) is 13.2 Å². The van der Waals surface area contributed by atoms with Crippen molar-refractivity contribution < 1.29 is 4.79 Å². The lowest BCUT2D eigenvalue weighted by Gasteiger charge is -2.06. The molecule has 0 aliphatic heterocycles. The predicted molar refractivity (Wildman–Crippen MR) is 73.5 cm³/mol. The fraction of sp³-hybridized carbons (Fsp3) is 0.286. The molecule has 100 valence electrons. The Bertz CT molecular complexity index is 505. The van der Waals surface area contributed by atoms with Crippen LogP contribution in [0, 0.1) is 0 Å². The average Bonchev–Trinajstić information content (AvgIpc) is 2.91. The number of amides is 1. The topological polar surface area (TPSA) is 59.0 Å². The molecule has 2 aromatic rings. The van der Waals surface area contributed by atoms with Crippen LogP contribution >= 0.6 is 0 Å². The van der Waals surface area contributed by atoms with E-state index in [1.807, 2.05) is 29.1 Å². The van der Waals surface area contributed by atoms with Crippen molar-refractivity contribution in [1.29, 1.82) is 0 Å². The van der Waals surface area contributed by atoms with E-state index in [2.05, 4.69) is 27.9 Å². The zero-order valence-corrected chi connectivity index (χ0v) is 11.0. The first-order chi connectivity index (χ1) is 9.28. The Balaban J connectivity index is 1.86. The van der Waals surface area contributed by atoms with Gasteiger partial charge in [0.2, 0.25) is 5.91 Å². The van der Waals surface area contributed by atoms with Crippen LogP contribution in [-0.2, 0) is 17.9 Å². The highest BCUT2D eigenvalue weighted by molar-refractivity contribution is 5.77. The van der Waals surface area contributed by atoms with Crippen LogP contribution in [0.2, 0.25) is 0 Å².